The minimum atomic E-state index is -0.348. The molecule has 1 atom stereocenters. The van der Waals surface area contributed by atoms with E-state index in [4.69, 9.17) is 4.74 Å². The molecule has 0 aliphatic carbocycles. The van der Waals surface area contributed by atoms with Crippen molar-refractivity contribution >= 4 is 6.03 Å². The van der Waals surface area contributed by atoms with Gasteiger partial charge in [-0.3, -0.25) is 0 Å². The van der Waals surface area contributed by atoms with Crippen LogP contribution < -0.4 is 15.4 Å². The summed E-state index contributed by atoms with van der Waals surface area (Å²) in [6.45, 7) is 7.44. The lowest BCUT2D eigenvalue weighted by molar-refractivity contribution is 0.160. The van der Waals surface area contributed by atoms with Crippen LogP contribution in [0.2, 0.25) is 0 Å². The molecule has 0 saturated heterocycles. The smallest absolute Gasteiger partial charge is 0.315 e. The summed E-state index contributed by atoms with van der Waals surface area (Å²) in [5.74, 6) is 0.874. The number of carbonyl (C=O) groups is 1. The van der Waals surface area contributed by atoms with Gasteiger partial charge in [0.2, 0.25) is 0 Å². The average molecular weight is 294 g/mol. The highest BCUT2D eigenvalue weighted by molar-refractivity contribution is 5.73. The molecule has 0 fully saturated rings. The minimum absolute atomic E-state index is 0.218. The third-order valence-electron chi connectivity index (χ3n) is 3.23. The molecule has 1 rings (SSSR count). The van der Waals surface area contributed by atoms with E-state index in [1.807, 2.05) is 39.0 Å². The van der Waals surface area contributed by atoms with E-state index in [-0.39, 0.29) is 12.1 Å². The zero-order valence-corrected chi connectivity index (χ0v) is 13.1. The average Bonchev–Trinajstić information content (AvgIpc) is 2.47. The molecule has 0 aromatic heterocycles. The van der Waals surface area contributed by atoms with Gasteiger partial charge in [0.1, 0.15) is 5.75 Å². The number of aliphatic hydroxyl groups excluding tert-OH is 1. The van der Waals surface area contributed by atoms with Crippen LogP contribution in [0.15, 0.2) is 18.2 Å². The van der Waals surface area contributed by atoms with Crippen molar-refractivity contribution in [2.24, 2.45) is 0 Å². The fourth-order valence-electron chi connectivity index (χ4n) is 1.94. The second-order valence-corrected chi connectivity index (χ2v) is 4.99. The van der Waals surface area contributed by atoms with Crippen LogP contribution in [0.3, 0.4) is 0 Å². The number of benzene rings is 1. The molecular formula is C16H26N2O3. The zero-order chi connectivity index (χ0) is 15.7. The molecule has 5 heteroatoms. The molecule has 1 aromatic carbocycles. The van der Waals surface area contributed by atoms with E-state index in [0.717, 1.165) is 16.9 Å². The van der Waals surface area contributed by atoms with Gasteiger partial charge in [-0.15, -0.1) is 0 Å². The molecule has 1 aromatic rings. The standard InChI is InChI=1S/C16H26N2O3/c1-4-14(19)8-9-17-16(20)18-11-13-6-7-15(21-5-2)12(3)10-13/h6-7,10,14,19H,4-5,8-9,11H2,1-3H3,(H2,17,18,20). The van der Waals surface area contributed by atoms with Gasteiger partial charge < -0.3 is 20.5 Å². The van der Waals surface area contributed by atoms with E-state index in [0.29, 0.717) is 32.5 Å². The van der Waals surface area contributed by atoms with Crippen LogP contribution in [0.5, 0.6) is 5.75 Å². The summed E-state index contributed by atoms with van der Waals surface area (Å²) in [6.07, 6.45) is 0.931. The number of carbonyl (C=O) groups excluding carboxylic acids is 1. The van der Waals surface area contributed by atoms with E-state index >= 15 is 0 Å². The van der Waals surface area contributed by atoms with Crippen molar-refractivity contribution in [3.63, 3.8) is 0 Å². The van der Waals surface area contributed by atoms with Crippen molar-refractivity contribution in [2.45, 2.75) is 46.3 Å². The Labute approximate surface area is 126 Å². The fourth-order valence-corrected chi connectivity index (χ4v) is 1.94. The van der Waals surface area contributed by atoms with Crippen molar-refractivity contribution in [1.82, 2.24) is 10.6 Å². The number of nitrogens with one attached hydrogen (secondary N) is 2. The summed E-state index contributed by atoms with van der Waals surface area (Å²) >= 11 is 0. The van der Waals surface area contributed by atoms with E-state index in [9.17, 15) is 9.90 Å². The van der Waals surface area contributed by atoms with Crippen LogP contribution in [0.25, 0.3) is 0 Å². The topological polar surface area (TPSA) is 70.6 Å². The van der Waals surface area contributed by atoms with E-state index in [2.05, 4.69) is 10.6 Å². The zero-order valence-electron chi connectivity index (χ0n) is 13.1. The maximum atomic E-state index is 11.6. The molecule has 0 saturated carbocycles. The number of amides is 2. The van der Waals surface area contributed by atoms with Crippen LogP contribution in [-0.2, 0) is 6.54 Å². The Bertz CT molecular complexity index is 449. The molecule has 5 nitrogen and oxygen atoms in total. The lowest BCUT2D eigenvalue weighted by Crippen LogP contribution is -2.36. The Morgan fingerprint density at radius 2 is 2.10 bits per heavy atom. The van der Waals surface area contributed by atoms with Crippen molar-refractivity contribution in [2.75, 3.05) is 13.2 Å². The van der Waals surface area contributed by atoms with Crippen LogP contribution in [0.1, 0.15) is 37.8 Å². The summed E-state index contributed by atoms with van der Waals surface area (Å²) in [4.78, 5) is 11.6. The number of rotatable bonds is 8. The fraction of sp³-hybridized carbons (Fsp3) is 0.562. The van der Waals surface area contributed by atoms with Gasteiger partial charge >= 0.3 is 6.03 Å². The first-order valence-electron chi connectivity index (χ1n) is 7.48. The SMILES string of the molecule is CCOc1ccc(CNC(=O)NCCC(O)CC)cc1C. The normalized spacial score (nSPS) is 11.8. The third-order valence-corrected chi connectivity index (χ3v) is 3.23. The second kappa shape index (κ2) is 9.23. The van der Waals surface area contributed by atoms with E-state index < -0.39 is 0 Å². The molecule has 0 heterocycles. The van der Waals surface area contributed by atoms with E-state index in [1.54, 1.807) is 0 Å². The van der Waals surface area contributed by atoms with Crippen LogP contribution in [0.4, 0.5) is 4.79 Å². The first-order valence-corrected chi connectivity index (χ1v) is 7.48. The van der Waals surface area contributed by atoms with Crippen molar-refractivity contribution in [1.29, 1.82) is 0 Å². The van der Waals surface area contributed by atoms with Crippen LogP contribution >= 0.6 is 0 Å². The second-order valence-electron chi connectivity index (χ2n) is 4.99. The van der Waals surface area contributed by atoms with Crippen molar-refractivity contribution in [3.05, 3.63) is 29.3 Å². The van der Waals surface area contributed by atoms with Gasteiger partial charge in [-0.05, 0) is 43.9 Å². The molecule has 0 spiro atoms. The maximum absolute atomic E-state index is 11.6. The van der Waals surface area contributed by atoms with Gasteiger partial charge in [-0.25, -0.2) is 4.79 Å². The lowest BCUT2D eigenvalue weighted by atomic mass is 10.1. The molecule has 0 bridgehead atoms. The lowest BCUT2D eigenvalue weighted by Gasteiger charge is -2.11. The Balaban J connectivity index is 2.34. The number of aryl methyl sites for hydroxylation is 1. The van der Waals surface area contributed by atoms with Crippen molar-refractivity contribution < 1.29 is 14.6 Å². The number of hydrogen-bond donors (Lipinski definition) is 3. The molecule has 21 heavy (non-hydrogen) atoms. The maximum Gasteiger partial charge on any atom is 0.315 e. The number of ether oxygens (including phenoxy) is 1. The predicted molar refractivity (Wildman–Crippen MR) is 83.5 cm³/mol. The highest BCUT2D eigenvalue weighted by Crippen LogP contribution is 2.18. The largest absolute Gasteiger partial charge is 0.494 e. The molecule has 2 amide bonds. The van der Waals surface area contributed by atoms with Gasteiger partial charge in [0.25, 0.3) is 0 Å². The van der Waals surface area contributed by atoms with Crippen LogP contribution in [-0.4, -0.2) is 30.4 Å². The number of aliphatic hydroxyl groups is 1. The Morgan fingerprint density at radius 1 is 1.33 bits per heavy atom. The summed E-state index contributed by atoms with van der Waals surface area (Å²) in [5, 5.41) is 14.9. The van der Waals surface area contributed by atoms with Gasteiger partial charge in [-0.2, -0.15) is 0 Å². The molecular weight excluding hydrogens is 268 g/mol. The molecule has 1 unspecified atom stereocenters. The van der Waals surface area contributed by atoms with Gasteiger partial charge in [0.15, 0.2) is 0 Å². The van der Waals surface area contributed by atoms with Gasteiger partial charge in [-0.1, -0.05) is 19.1 Å². The van der Waals surface area contributed by atoms with Crippen LogP contribution in [0, 0.1) is 6.92 Å². The summed E-state index contributed by atoms with van der Waals surface area (Å²) in [6, 6.07) is 5.65. The summed E-state index contributed by atoms with van der Waals surface area (Å²) < 4.78 is 5.48. The number of hydrogen-bond acceptors (Lipinski definition) is 3. The Morgan fingerprint density at radius 3 is 2.71 bits per heavy atom. The Kier molecular flexibility index (Phi) is 7.61. The predicted octanol–water partition coefficient (Wildman–Crippen LogP) is 2.35. The quantitative estimate of drug-likeness (QED) is 0.689. The van der Waals surface area contributed by atoms with Gasteiger partial charge in [0, 0.05) is 13.1 Å². The highest BCUT2D eigenvalue weighted by Gasteiger charge is 2.05. The highest BCUT2D eigenvalue weighted by atomic mass is 16.5. The summed E-state index contributed by atoms with van der Waals surface area (Å²) in [5.41, 5.74) is 2.09. The molecule has 0 aliphatic heterocycles. The first-order chi connectivity index (χ1) is 10.1. The number of urea groups is 1. The first kappa shape index (κ1) is 17.3. The Hall–Kier alpha value is -1.75. The van der Waals surface area contributed by atoms with E-state index in [1.165, 1.54) is 0 Å². The molecule has 0 aliphatic rings. The van der Waals surface area contributed by atoms with Gasteiger partial charge in [0.05, 0.1) is 12.7 Å². The minimum Gasteiger partial charge on any atom is -0.494 e. The molecule has 3 N–H and O–H groups in total. The van der Waals surface area contributed by atoms with Crippen molar-refractivity contribution in [3.8, 4) is 5.75 Å². The third kappa shape index (κ3) is 6.49. The monoisotopic (exact) mass is 294 g/mol. The molecule has 118 valence electrons. The molecule has 0 radical (unpaired) electrons. The summed E-state index contributed by atoms with van der Waals surface area (Å²) in [7, 11) is 0.